The van der Waals surface area contributed by atoms with E-state index in [-0.39, 0.29) is 5.91 Å². The number of nitrogens with two attached hydrogens (primary N) is 1. The first-order chi connectivity index (χ1) is 6.72. The zero-order valence-electron chi connectivity index (χ0n) is 8.25. The van der Waals surface area contributed by atoms with Crippen LogP contribution in [0, 0.1) is 6.92 Å². The highest BCUT2D eigenvalue weighted by Gasteiger charge is 2.04. The summed E-state index contributed by atoms with van der Waals surface area (Å²) in [4.78, 5) is 11.3. The van der Waals surface area contributed by atoms with Gasteiger partial charge in [0, 0.05) is 12.5 Å². The quantitative estimate of drug-likeness (QED) is 0.691. The van der Waals surface area contributed by atoms with Crippen LogP contribution in [0.1, 0.15) is 25.0 Å². The molecule has 0 aliphatic heterocycles. The Morgan fingerprint density at radius 1 is 1.64 bits per heavy atom. The van der Waals surface area contributed by atoms with Gasteiger partial charge in [-0.2, -0.15) is 0 Å². The Bertz CT molecular complexity index is 296. The van der Waals surface area contributed by atoms with Gasteiger partial charge in [0.15, 0.2) is 5.82 Å². The number of hydrogen-bond acceptors (Lipinski definition) is 4. The molecular weight excluding hydrogens is 182 g/mol. The van der Waals surface area contributed by atoms with Gasteiger partial charge in [0.25, 0.3) is 0 Å². The fraction of sp³-hybridized carbons (Fsp3) is 0.556. The lowest BCUT2D eigenvalue weighted by molar-refractivity contribution is -0.116. The van der Waals surface area contributed by atoms with E-state index in [9.17, 15) is 4.79 Å². The van der Waals surface area contributed by atoms with E-state index in [0.717, 1.165) is 12.8 Å². The van der Waals surface area contributed by atoms with Crippen molar-refractivity contribution in [1.29, 1.82) is 0 Å². The Balaban J connectivity index is 2.27. The van der Waals surface area contributed by atoms with Crippen LogP contribution in [-0.2, 0) is 4.79 Å². The molecule has 0 aliphatic carbocycles. The van der Waals surface area contributed by atoms with Gasteiger partial charge < -0.3 is 15.6 Å². The van der Waals surface area contributed by atoms with Crippen molar-refractivity contribution in [3.05, 3.63) is 11.8 Å². The molecule has 0 saturated carbocycles. The second-order valence-electron chi connectivity index (χ2n) is 3.12. The van der Waals surface area contributed by atoms with E-state index in [1.165, 1.54) is 0 Å². The van der Waals surface area contributed by atoms with Gasteiger partial charge >= 0.3 is 0 Å². The maximum atomic E-state index is 11.3. The number of hydrogen-bond donors (Lipinski definition) is 2. The van der Waals surface area contributed by atoms with Crippen LogP contribution >= 0.6 is 0 Å². The number of anilines is 1. The lowest BCUT2D eigenvalue weighted by atomic mass is 10.2. The van der Waals surface area contributed by atoms with E-state index >= 15 is 0 Å². The molecule has 3 N–H and O–H groups in total. The standard InChI is InChI=1S/C9H15N3O2/c1-7-6-8(12-14-7)11-9(13)4-2-3-5-10/h6H,2-5,10H2,1H3,(H,11,12,13). The first-order valence-corrected chi connectivity index (χ1v) is 4.65. The van der Waals surface area contributed by atoms with Gasteiger partial charge in [-0.05, 0) is 26.3 Å². The third kappa shape index (κ3) is 3.57. The van der Waals surface area contributed by atoms with Crippen molar-refractivity contribution in [1.82, 2.24) is 5.16 Å². The summed E-state index contributed by atoms with van der Waals surface area (Å²) < 4.78 is 4.81. The fourth-order valence-electron chi connectivity index (χ4n) is 1.06. The molecule has 1 heterocycles. The monoisotopic (exact) mass is 197 g/mol. The van der Waals surface area contributed by atoms with Crippen molar-refractivity contribution in [3.63, 3.8) is 0 Å². The van der Waals surface area contributed by atoms with Crippen LogP contribution in [0.5, 0.6) is 0 Å². The molecule has 0 spiro atoms. The summed E-state index contributed by atoms with van der Waals surface area (Å²) in [6.07, 6.45) is 2.15. The Morgan fingerprint density at radius 3 is 3.00 bits per heavy atom. The third-order valence-corrected chi connectivity index (χ3v) is 1.75. The molecule has 5 nitrogen and oxygen atoms in total. The zero-order chi connectivity index (χ0) is 10.4. The molecule has 0 atom stereocenters. The molecular formula is C9H15N3O2. The molecule has 1 rings (SSSR count). The zero-order valence-corrected chi connectivity index (χ0v) is 8.25. The van der Waals surface area contributed by atoms with Crippen molar-refractivity contribution >= 4 is 11.7 Å². The van der Waals surface area contributed by atoms with Gasteiger partial charge in [0.1, 0.15) is 5.76 Å². The van der Waals surface area contributed by atoms with Gasteiger partial charge in [-0.25, -0.2) is 0 Å². The van der Waals surface area contributed by atoms with Gasteiger partial charge in [-0.1, -0.05) is 5.16 Å². The molecule has 1 amide bonds. The van der Waals surface area contributed by atoms with E-state index in [1.807, 2.05) is 0 Å². The van der Waals surface area contributed by atoms with Gasteiger partial charge in [0.05, 0.1) is 0 Å². The molecule has 78 valence electrons. The molecule has 1 aromatic heterocycles. The van der Waals surface area contributed by atoms with E-state index in [2.05, 4.69) is 10.5 Å². The van der Waals surface area contributed by atoms with Crippen molar-refractivity contribution < 1.29 is 9.32 Å². The lowest BCUT2D eigenvalue weighted by Gasteiger charge is -1.99. The van der Waals surface area contributed by atoms with Gasteiger partial charge in [0.2, 0.25) is 5.91 Å². The van der Waals surface area contributed by atoms with E-state index in [0.29, 0.717) is 24.5 Å². The Labute approximate surface area is 82.6 Å². The van der Waals surface area contributed by atoms with Gasteiger partial charge in [-0.3, -0.25) is 4.79 Å². The molecule has 0 aliphatic rings. The largest absolute Gasteiger partial charge is 0.360 e. The van der Waals surface area contributed by atoms with Crippen LogP contribution in [-0.4, -0.2) is 17.6 Å². The lowest BCUT2D eigenvalue weighted by Crippen LogP contribution is -2.12. The number of carbonyl (C=O) groups excluding carboxylic acids is 1. The number of amides is 1. The maximum Gasteiger partial charge on any atom is 0.225 e. The first kappa shape index (κ1) is 10.7. The van der Waals surface area contributed by atoms with Crippen LogP contribution in [0.2, 0.25) is 0 Å². The summed E-state index contributed by atoms with van der Waals surface area (Å²) >= 11 is 0. The number of carbonyl (C=O) groups is 1. The van der Waals surface area contributed by atoms with Crippen LogP contribution in [0.3, 0.4) is 0 Å². The summed E-state index contributed by atoms with van der Waals surface area (Å²) in [7, 11) is 0. The first-order valence-electron chi connectivity index (χ1n) is 4.65. The smallest absolute Gasteiger partial charge is 0.225 e. The number of aromatic nitrogens is 1. The highest BCUT2D eigenvalue weighted by Crippen LogP contribution is 2.07. The minimum absolute atomic E-state index is 0.0493. The fourth-order valence-corrected chi connectivity index (χ4v) is 1.06. The second kappa shape index (κ2) is 5.39. The summed E-state index contributed by atoms with van der Waals surface area (Å²) in [6, 6.07) is 1.68. The third-order valence-electron chi connectivity index (χ3n) is 1.75. The highest BCUT2D eigenvalue weighted by molar-refractivity contribution is 5.89. The van der Waals surface area contributed by atoms with Crippen molar-refractivity contribution in [2.75, 3.05) is 11.9 Å². The Morgan fingerprint density at radius 2 is 2.43 bits per heavy atom. The van der Waals surface area contributed by atoms with E-state index in [1.54, 1.807) is 13.0 Å². The van der Waals surface area contributed by atoms with Crippen LogP contribution in [0.15, 0.2) is 10.6 Å². The minimum atomic E-state index is -0.0493. The summed E-state index contributed by atoms with van der Waals surface area (Å²) in [5, 5.41) is 6.29. The Kier molecular flexibility index (Phi) is 4.12. The summed E-state index contributed by atoms with van der Waals surface area (Å²) in [5.41, 5.74) is 5.31. The molecule has 0 radical (unpaired) electrons. The van der Waals surface area contributed by atoms with E-state index < -0.39 is 0 Å². The molecule has 14 heavy (non-hydrogen) atoms. The number of aryl methyl sites for hydroxylation is 1. The molecule has 0 fully saturated rings. The normalized spacial score (nSPS) is 10.1. The highest BCUT2D eigenvalue weighted by atomic mass is 16.5. The predicted octanol–water partition coefficient (Wildman–Crippen LogP) is 1.05. The van der Waals surface area contributed by atoms with Crippen LogP contribution in [0.25, 0.3) is 0 Å². The topological polar surface area (TPSA) is 81.2 Å². The second-order valence-corrected chi connectivity index (χ2v) is 3.12. The average molecular weight is 197 g/mol. The number of nitrogens with one attached hydrogen (secondary N) is 1. The van der Waals surface area contributed by atoms with Gasteiger partial charge in [-0.15, -0.1) is 0 Å². The molecule has 0 bridgehead atoms. The number of rotatable bonds is 5. The van der Waals surface area contributed by atoms with Crippen LogP contribution in [0.4, 0.5) is 5.82 Å². The molecule has 1 aromatic rings. The number of nitrogens with zero attached hydrogens (tertiary/aromatic N) is 1. The van der Waals surface area contributed by atoms with Crippen LogP contribution < -0.4 is 11.1 Å². The molecule has 0 unspecified atom stereocenters. The summed E-state index contributed by atoms with van der Waals surface area (Å²) in [6.45, 7) is 2.40. The maximum absolute atomic E-state index is 11.3. The van der Waals surface area contributed by atoms with Crippen molar-refractivity contribution in [3.8, 4) is 0 Å². The predicted molar refractivity (Wildman–Crippen MR) is 52.8 cm³/mol. The average Bonchev–Trinajstić information content (AvgIpc) is 2.52. The van der Waals surface area contributed by atoms with Crippen molar-refractivity contribution in [2.45, 2.75) is 26.2 Å². The SMILES string of the molecule is Cc1cc(NC(=O)CCCCN)no1. The minimum Gasteiger partial charge on any atom is -0.360 e. The number of unbranched alkanes of at least 4 members (excludes halogenated alkanes) is 1. The summed E-state index contributed by atoms with van der Waals surface area (Å²) in [5.74, 6) is 1.11. The molecule has 0 aromatic carbocycles. The molecule has 5 heteroatoms. The van der Waals surface area contributed by atoms with Crippen molar-refractivity contribution in [2.24, 2.45) is 5.73 Å². The van der Waals surface area contributed by atoms with E-state index in [4.69, 9.17) is 10.3 Å². The Hall–Kier alpha value is -1.36. The molecule has 0 saturated heterocycles.